The molecular formula is C19H20ClN5O. The summed E-state index contributed by atoms with van der Waals surface area (Å²) in [5.41, 5.74) is 2.99. The van der Waals surface area contributed by atoms with E-state index in [1.807, 2.05) is 25.1 Å². The fourth-order valence-corrected chi connectivity index (χ4v) is 3.41. The lowest BCUT2D eigenvalue weighted by molar-refractivity contribution is 0.0923. The van der Waals surface area contributed by atoms with Crippen molar-refractivity contribution in [2.24, 2.45) is 5.92 Å². The number of aromatic nitrogens is 4. The summed E-state index contributed by atoms with van der Waals surface area (Å²) in [6.07, 6.45) is 5.28. The Bertz CT molecular complexity index is 962. The van der Waals surface area contributed by atoms with E-state index in [-0.39, 0.29) is 11.9 Å². The summed E-state index contributed by atoms with van der Waals surface area (Å²) in [7, 11) is 0. The van der Waals surface area contributed by atoms with Crippen LogP contribution in [0.3, 0.4) is 0 Å². The van der Waals surface area contributed by atoms with Gasteiger partial charge in [-0.3, -0.25) is 9.78 Å². The van der Waals surface area contributed by atoms with E-state index in [0.29, 0.717) is 16.6 Å². The van der Waals surface area contributed by atoms with Crippen molar-refractivity contribution in [1.29, 1.82) is 0 Å². The minimum absolute atomic E-state index is 0.142. The largest absolute Gasteiger partial charge is 0.340 e. The highest BCUT2D eigenvalue weighted by Gasteiger charge is 2.37. The molecule has 0 unspecified atom stereocenters. The Kier molecular flexibility index (Phi) is 4.36. The van der Waals surface area contributed by atoms with Crippen LogP contribution in [0, 0.1) is 12.8 Å². The molecule has 1 saturated carbocycles. The van der Waals surface area contributed by atoms with Gasteiger partial charge in [0.05, 0.1) is 29.0 Å². The molecule has 1 aliphatic rings. The molecule has 3 aromatic rings. The Hall–Kier alpha value is -2.47. The molecule has 2 heterocycles. The van der Waals surface area contributed by atoms with E-state index in [2.05, 4.69) is 26.8 Å². The monoisotopic (exact) mass is 369 g/mol. The number of halogens is 1. The van der Waals surface area contributed by atoms with Crippen LogP contribution in [-0.2, 0) is 6.54 Å². The van der Waals surface area contributed by atoms with Gasteiger partial charge in [0.1, 0.15) is 11.5 Å². The van der Waals surface area contributed by atoms with Gasteiger partial charge < -0.3 is 9.88 Å². The Labute approximate surface area is 156 Å². The highest BCUT2D eigenvalue weighted by atomic mass is 35.5. The summed E-state index contributed by atoms with van der Waals surface area (Å²) in [6.45, 7) is 4.70. The molecule has 7 heteroatoms. The van der Waals surface area contributed by atoms with Crippen LogP contribution in [0.4, 0.5) is 0 Å². The van der Waals surface area contributed by atoms with Crippen molar-refractivity contribution in [2.45, 2.75) is 39.3 Å². The number of nitrogens with zero attached hydrogens (tertiary/aromatic N) is 4. The SMILES string of the molecule is CCn1c([C@@H](NC(=O)c2cnc(C)cn2)C2CC2)nc2cc(Cl)ccc21. The molecular weight excluding hydrogens is 350 g/mol. The normalized spacial score (nSPS) is 15.2. The van der Waals surface area contributed by atoms with E-state index in [1.165, 1.54) is 6.20 Å². The van der Waals surface area contributed by atoms with E-state index in [0.717, 1.165) is 41.9 Å². The molecule has 0 bridgehead atoms. The van der Waals surface area contributed by atoms with Crippen LogP contribution in [0.5, 0.6) is 0 Å². The molecule has 1 N–H and O–H groups in total. The van der Waals surface area contributed by atoms with Gasteiger partial charge in [0, 0.05) is 17.8 Å². The number of aryl methyl sites for hydroxylation is 2. The minimum atomic E-state index is -0.220. The lowest BCUT2D eigenvalue weighted by Crippen LogP contribution is -2.32. The van der Waals surface area contributed by atoms with E-state index in [9.17, 15) is 4.79 Å². The molecule has 1 amide bonds. The molecule has 2 aromatic heterocycles. The summed E-state index contributed by atoms with van der Waals surface area (Å²) in [4.78, 5) is 25.8. The van der Waals surface area contributed by atoms with E-state index < -0.39 is 0 Å². The molecule has 26 heavy (non-hydrogen) atoms. The van der Waals surface area contributed by atoms with Crippen molar-refractivity contribution in [2.75, 3.05) is 0 Å². The predicted molar refractivity (Wildman–Crippen MR) is 100 cm³/mol. The third kappa shape index (κ3) is 3.17. The van der Waals surface area contributed by atoms with E-state index >= 15 is 0 Å². The van der Waals surface area contributed by atoms with E-state index in [4.69, 9.17) is 16.6 Å². The van der Waals surface area contributed by atoms with Crippen LogP contribution >= 0.6 is 11.6 Å². The lowest BCUT2D eigenvalue weighted by Gasteiger charge is -2.19. The summed E-state index contributed by atoms with van der Waals surface area (Å²) >= 11 is 6.12. The van der Waals surface area contributed by atoms with Crippen LogP contribution in [0.2, 0.25) is 5.02 Å². The molecule has 4 rings (SSSR count). The highest BCUT2D eigenvalue weighted by molar-refractivity contribution is 6.31. The van der Waals surface area contributed by atoms with Gasteiger partial charge in [0.25, 0.3) is 5.91 Å². The quantitative estimate of drug-likeness (QED) is 0.744. The van der Waals surface area contributed by atoms with Crippen molar-refractivity contribution in [1.82, 2.24) is 24.8 Å². The van der Waals surface area contributed by atoms with Gasteiger partial charge >= 0.3 is 0 Å². The summed E-state index contributed by atoms with van der Waals surface area (Å²) in [6, 6.07) is 5.57. The molecule has 6 nitrogen and oxygen atoms in total. The molecule has 0 saturated heterocycles. The molecule has 1 atom stereocenters. The number of amides is 1. The van der Waals surface area contributed by atoms with Gasteiger partial charge in [-0.2, -0.15) is 0 Å². The number of imidazole rings is 1. The van der Waals surface area contributed by atoms with Crippen molar-refractivity contribution in [3.63, 3.8) is 0 Å². The van der Waals surface area contributed by atoms with Crippen molar-refractivity contribution in [3.8, 4) is 0 Å². The van der Waals surface area contributed by atoms with Crippen LogP contribution < -0.4 is 5.32 Å². The fraction of sp³-hybridized carbons (Fsp3) is 0.368. The second-order valence-electron chi connectivity index (χ2n) is 6.68. The van der Waals surface area contributed by atoms with Crippen LogP contribution in [0.15, 0.2) is 30.6 Å². The zero-order valence-electron chi connectivity index (χ0n) is 14.7. The van der Waals surface area contributed by atoms with Crippen molar-refractivity contribution < 1.29 is 4.79 Å². The number of carbonyl (C=O) groups is 1. The average molecular weight is 370 g/mol. The smallest absolute Gasteiger partial charge is 0.272 e. The molecule has 0 radical (unpaired) electrons. The first-order chi connectivity index (χ1) is 12.6. The van der Waals surface area contributed by atoms with Gasteiger partial charge in [0.15, 0.2) is 0 Å². The molecule has 0 spiro atoms. The Morgan fingerprint density at radius 2 is 2.15 bits per heavy atom. The Morgan fingerprint density at radius 1 is 1.35 bits per heavy atom. The zero-order valence-corrected chi connectivity index (χ0v) is 15.5. The first kappa shape index (κ1) is 17.0. The maximum absolute atomic E-state index is 12.7. The van der Waals surface area contributed by atoms with Gasteiger partial charge in [-0.15, -0.1) is 0 Å². The number of hydrogen-bond donors (Lipinski definition) is 1. The third-order valence-corrected chi connectivity index (χ3v) is 4.96. The first-order valence-corrected chi connectivity index (χ1v) is 9.20. The van der Waals surface area contributed by atoms with Crippen molar-refractivity contribution >= 4 is 28.5 Å². The Balaban J connectivity index is 1.69. The molecule has 1 aromatic carbocycles. The van der Waals surface area contributed by atoms with Gasteiger partial charge in [-0.25, -0.2) is 9.97 Å². The molecule has 1 aliphatic carbocycles. The first-order valence-electron chi connectivity index (χ1n) is 8.82. The molecule has 0 aliphatic heterocycles. The van der Waals surface area contributed by atoms with E-state index in [1.54, 1.807) is 6.20 Å². The van der Waals surface area contributed by atoms with Gasteiger partial charge in [-0.1, -0.05) is 11.6 Å². The standard InChI is InChI=1S/C19H20ClN5O/c1-3-25-16-7-6-13(20)8-14(16)23-18(25)17(12-4-5-12)24-19(26)15-10-21-11(2)9-22-15/h6-10,12,17H,3-5H2,1-2H3,(H,24,26)/t17-/m0/s1. The predicted octanol–water partition coefficient (Wildman–Crippen LogP) is 3.69. The second kappa shape index (κ2) is 6.68. The van der Waals surface area contributed by atoms with Crippen molar-refractivity contribution in [3.05, 3.63) is 52.8 Å². The average Bonchev–Trinajstić information content (AvgIpc) is 3.40. The number of benzene rings is 1. The van der Waals surface area contributed by atoms with Gasteiger partial charge in [0.2, 0.25) is 0 Å². The fourth-order valence-electron chi connectivity index (χ4n) is 3.24. The van der Waals surface area contributed by atoms with Crippen LogP contribution in [0.25, 0.3) is 11.0 Å². The van der Waals surface area contributed by atoms with Crippen LogP contribution in [0.1, 0.15) is 47.8 Å². The summed E-state index contributed by atoms with van der Waals surface area (Å²) in [5, 5.41) is 3.78. The summed E-state index contributed by atoms with van der Waals surface area (Å²) in [5.74, 6) is 1.05. The zero-order chi connectivity index (χ0) is 18.3. The maximum Gasteiger partial charge on any atom is 0.272 e. The maximum atomic E-state index is 12.7. The Morgan fingerprint density at radius 3 is 2.81 bits per heavy atom. The molecule has 134 valence electrons. The third-order valence-electron chi connectivity index (χ3n) is 4.73. The number of fused-ring (bicyclic) bond motifs is 1. The number of rotatable bonds is 5. The topological polar surface area (TPSA) is 72.7 Å². The van der Waals surface area contributed by atoms with Gasteiger partial charge in [-0.05, 0) is 50.8 Å². The number of nitrogens with one attached hydrogen (secondary N) is 1. The minimum Gasteiger partial charge on any atom is -0.340 e. The highest BCUT2D eigenvalue weighted by Crippen LogP contribution is 2.41. The molecule has 1 fully saturated rings. The number of carbonyl (C=O) groups excluding carboxylic acids is 1. The lowest BCUT2D eigenvalue weighted by atomic mass is 10.1. The summed E-state index contributed by atoms with van der Waals surface area (Å²) < 4.78 is 2.15. The number of hydrogen-bond acceptors (Lipinski definition) is 4. The second-order valence-corrected chi connectivity index (χ2v) is 7.12. The van der Waals surface area contributed by atoms with Crippen LogP contribution in [-0.4, -0.2) is 25.4 Å².